The molecule has 0 bridgehead atoms. The molecular weight excluding hydrogens is 477 g/mol. The number of hydrogen-bond donors (Lipinski definition) is 3. The van der Waals surface area contributed by atoms with Crippen LogP contribution in [0.2, 0.25) is 0 Å². The van der Waals surface area contributed by atoms with E-state index >= 15 is 0 Å². The lowest BCUT2D eigenvalue weighted by Gasteiger charge is -2.36. The van der Waals surface area contributed by atoms with E-state index in [1.807, 2.05) is 0 Å². The first kappa shape index (κ1) is 26.2. The average molecular weight is 506 g/mol. The topological polar surface area (TPSA) is 82.1 Å². The first-order chi connectivity index (χ1) is 15.6. The Hall–Kier alpha value is -2.43. The number of nitrogens with one attached hydrogen (secondary N) is 3. The molecule has 1 aromatic carbocycles. The van der Waals surface area contributed by atoms with Crippen LogP contribution in [0.25, 0.3) is 0 Å². The average Bonchev–Trinajstić information content (AvgIpc) is 2.86. The first-order valence-electron chi connectivity index (χ1n) is 10.9. The number of hydrogen-bond acceptors (Lipinski definition) is 4. The highest BCUT2D eigenvalue weighted by Crippen LogP contribution is 2.43. The normalized spacial score (nSPS) is 25.3. The molecule has 0 aromatic heterocycles. The number of carbonyl (C=O) groups is 1. The van der Waals surface area contributed by atoms with Crippen LogP contribution in [0.1, 0.15) is 46.0 Å². The lowest BCUT2D eigenvalue weighted by Crippen LogP contribution is -2.45. The number of anilines is 1. The lowest BCUT2D eigenvalue weighted by molar-refractivity contribution is -0.113. The van der Waals surface area contributed by atoms with Crippen molar-refractivity contribution in [2.24, 2.45) is 5.92 Å². The molecule has 0 radical (unpaired) electrons. The molecule has 1 fully saturated rings. The summed E-state index contributed by atoms with van der Waals surface area (Å²) in [6.45, 7) is 2.49. The molecule has 0 spiro atoms. The van der Waals surface area contributed by atoms with Crippen molar-refractivity contribution in [3.8, 4) is 0 Å². The van der Waals surface area contributed by atoms with E-state index in [2.05, 4.69) is 10.6 Å². The molecule has 3 atom stereocenters. The van der Waals surface area contributed by atoms with Gasteiger partial charge in [-0.15, -0.1) is 0 Å². The van der Waals surface area contributed by atoms with Crippen molar-refractivity contribution < 1.29 is 31.0 Å². The highest BCUT2D eigenvalue weighted by Gasteiger charge is 2.45. The Kier molecular flexibility index (Phi) is 7.17. The van der Waals surface area contributed by atoms with Gasteiger partial charge < -0.3 is 10.6 Å². The molecule has 1 amide bonds. The third kappa shape index (κ3) is 5.79. The third-order valence-corrected chi connectivity index (χ3v) is 7.53. The van der Waals surface area contributed by atoms with Crippen LogP contribution in [0.5, 0.6) is 0 Å². The summed E-state index contributed by atoms with van der Waals surface area (Å²) in [5.74, 6) is -4.09. The van der Waals surface area contributed by atoms with E-state index in [-0.39, 0.29) is 46.7 Å². The fraction of sp³-hybridized carbons (Fsp3) is 0.522. The van der Waals surface area contributed by atoms with Gasteiger partial charge >= 0.3 is 6.18 Å². The smallest absolute Gasteiger partial charge is 0.381 e. The van der Waals surface area contributed by atoms with Gasteiger partial charge in [0.25, 0.3) is 5.91 Å². The number of alkyl halides is 5. The van der Waals surface area contributed by atoms with Crippen LogP contribution >= 0.6 is 0 Å². The van der Waals surface area contributed by atoms with Crippen LogP contribution in [0.4, 0.5) is 27.6 Å². The van der Waals surface area contributed by atoms with E-state index in [1.54, 1.807) is 0 Å². The van der Waals surface area contributed by atoms with E-state index in [9.17, 15) is 31.0 Å². The molecule has 2 aliphatic rings. The molecule has 34 heavy (non-hydrogen) atoms. The quantitative estimate of drug-likeness (QED) is 0.347. The van der Waals surface area contributed by atoms with Crippen LogP contribution < -0.4 is 10.6 Å². The van der Waals surface area contributed by atoms with Gasteiger partial charge in [0.15, 0.2) is 0 Å². The highest BCUT2D eigenvalue weighted by molar-refractivity contribution is 7.91. The number of carbonyl (C=O) groups excluding carboxylic acids is 1. The van der Waals surface area contributed by atoms with Crippen LogP contribution in [-0.2, 0) is 14.5 Å². The molecule has 3 rings (SSSR count). The molecule has 1 heterocycles. The summed E-state index contributed by atoms with van der Waals surface area (Å²) >= 11 is 0. The Labute approximate surface area is 195 Å². The van der Waals surface area contributed by atoms with Gasteiger partial charge in [0, 0.05) is 41.0 Å². The zero-order valence-electron chi connectivity index (χ0n) is 19.1. The highest BCUT2D eigenvalue weighted by atomic mass is 32.2. The molecule has 1 saturated carbocycles. The van der Waals surface area contributed by atoms with Gasteiger partial charge in [-0.05, 0) is 62.8 Å². The van der Waals surface area contributed by atoms with E-state index in [4.69, 9.17) is 4.78 Å². The fourth-order valence-electron chi connectivity index (χ4n) is 4.75. The first-order valence-corrected chi connectivity index (χ1v) is 12.9. The van der Waals surface area contributed by atoms with Gasteiger partial charge in [0.1, 0.15) is 0 Å². The maximum atomic E-state index is 13.9. The summed E-state index contributed by atoms with van der Waals surface area (Å²) in [5, 5.41) is 5.36. The minimum Gasteiger partial charge on any atom is -0.381 e. The molecule has 1 aromatic rings. The summed E-state index contributed by atoms with van der Waals surface area (Å²) in [7, 11) is -3.08. The molecule has 2 unspecified atom stereocenters. The molecule has 3 N–H and O–H groups in total. The minimum absolute atomic E-state index is 0.0651. The Morgan fingerprint density at radius 3 is 2.50 bits per heavy atom. The summed E-state index contributed by atoms with van der Waals surface area (Å²) in [5.41, 5.74) is -1.33. The predicted molar refractivity (Wildman–Crippen MR) is 120 cm³/mol. The van der Waals surface area contributed by atoms with Crippen LogP contribution in [0.15, 0.2) is 51.6 Å². The summed E-state index contributed by atoms with van der Waals surface area (Å²) in [6.07, 6.45) is -3.57. The maximum absolute atomic E-state index is 13.9. The Morgan fingerprint density at radius 1 is 1.21 bits per heavy atom. The van der Waals surface area contributed by atoms with Crippen molar-refractivity contribution in [2.75, 3.05) is 11.6 Å². The number of benzene rings is 1. The molecule has 0 saturated heterocycles. The number of allylic oxidation sites excluding steroid dienone is 3. The third-order valence-electron chi connectivity index (χ3n) is 6.38. The number of halogens is 5. The van der Waals surface area contributed by atoms with Gasteiger partial charge in [-0.1, -0.05) is 6.07 Å². The summed E-state index contributed by atoms with van der Waals surface area (Å²) in [6, 6.07) is 4.90. The van der Waals surface area contributed by atoms with E-state index < -0.39 is 51.7 Å². The monoisotopic (exact) mass is 505 g/mol. The van der Waals surface area contributed by atoms with E-state index in [0.717, 1.165) is 0 Å². The van der Waals surface area contributed by atoms with Crippen molar-refractivity contribution in [3.63, 3.8) is 0 Å². The second-order valence-electron chi connectivity index (χ2n) is 9.03. The molecule has 5 nitrogen and oxygen atoms in total. The summed E-state index contributed by atoms with van der Waals surface area (Å²) in [4.78, 5) is 13.5. The largest absolute Gasteiger partial charge is 0.418 e. The minimum atomic E-state index is -4.72. The SMILES string of the molecule is CC1=C(C(F)(F)F)C(C)=C(C(=O)Nc2cccc([S@@](C)(=N)=O)c2)C(C2CCCC(F)(F)CC2)N1. The summed E-state index contributed by atoms with van der Waals surface area (Å²) < 4.78 is 89.1. The fourth-order valence-corrected chi connectivity index (χ4v) is 5.44. The van der Waals surface area contributed by atoms with E-state index in [0.29, 0.717) is 6.42 Å². The number of rotatable bonds is 4. The van der Waals surface area contributed by atoms with Crippen LogP contribution in [0.3, 0.4) is 0 Å². The van der Waals surface area contributed by atoms with Crippen molar-refractivity contribution in [3.05, 3.63) is 46.7 Å². The van der Waals surface area contributed by atoms with E-state index in [1.165, 1.54) is 44.4 Å². The molecule has 1 aliphatic carbocycles. The molecule has 188 valence electrons. The second kappa shape index (κ2) is 9.31. The Bertz CT molecular complexity index is 1140. The predicted octanol–water partition coefficient (Wildman–Crippen LogP) is 6.00. The van der Waals surface area contributed by atoms with Gasteiger partial charge in [-0.3, -0.25) is 4.79 Å². The van der Waals surface area contributed by atoms with Crippen LogP contribution in [-0.4, -0.2) is 34.5 Å². The number of amides is 1. The Morgan fingerprint density at radius 2 is 1.88 bits per heavy atom. The molecule has 11 heteroatoms. The standard InChI is InChI=1S/C23H28F5N3O2S/c1-13-18(21(32)31-16-7-4-8-17(12-16)34(3,29)33)20(30-14(2)19(13)23(26,27)28)15-6-5-10-22(24,25)11-9-15/h4,7-8,12,15,20,29-30H,5-6,9-11H2,1-3H3,(H,31,32)/t15?,20?,34-/m0/s1. The maximum Gasteiger partial charge on any atom is 0.418 e. The van der Waals surface area contributed by atoms with Crippen molar-refractivity contribution >= 4 is 21.3 Å². The molecule has 1 aliphatic heterocycles. The second-order valence-corrected chi connectivity index (χ2v) is 11.2. The van der Waals surface area contributed by atoms with Gasteiger partial charge in [-0.2, -0.15) is 13.2 Å². The van der Waals surface area contributed by atoms with Crippen LogP contribution in [0, 0.1) is 10.7 Å². The Balaban J connectivity index is 2.02. The number of dihydropyridines is 1. The van der Waals surface area contributed by atoms with Gasteiger partial charge in [0.2, 0.25) is 5.92 Å². The zero-order chi connectivity index (χ0) is 25.5. The van der Waals surface area contributed by atoms with Gasteiger partial charge in [0.05, 0.1) is 21.3 Å². The van der Waals surface area contributed by atoms with Crippen molar-refractivity contribution in [2.45, 2.75) is 69.0 Å². The van der Waals surface area contributed by atoms with Crippen molar-refractivity contribution in [1.29, 1.82) is 4.78 Å². The van der Waals surface area contributed by atoms with Gasteiger partial charge in [-0.25, -0.2) is 17.8 Å². The van der Waals surface area contributed by atoms with Crippen molar-refractivity contribution in [1.82, 2.24) is 5.32 Å². The lowest BCUT2D eigenvalue weighted by atomic mass is 9.80. The molecular formula is C23H28F5N3O2S. The zero-order valence-corrected chi connectivity index (χ0v) is 19.9.